The normalized spacial score (nSPS) is 11.8. The number of benzene rings is 3. The maximum Gasteiger partial charge on any atom is 0.328 e. The van der Waals surface area contributed by atoms with Gasteiger partial charge in [0.1, 0.15) is 17.5 Å². The Labute approximate surface area is 191 Å². The number of nitrogens with zero attached hydrogens (tertiary/aromatic N) is 1. The molecule has 33 heavy (non-hydrogen) atoms. The van der Waals surface area contributed by atoms with Crippen LogP contribution in [0.15, 0.2) is 72.9 Å². The van der Waals surface area contributed by atoms with Gasteiger partial charge in [-0.25, -0.2) is 4.79 Å². The number of ketones is 1. The van der Waals surface area contributed by atoms with Gasteiger partial charge in [0, 0.05) is 17.0 Å². The van der Waals surface area contributed by atoms with Gasteiger partial charge in [-0.3, -0.25) is 4.79 Å². The molecule has 0 spiro atoms. The van der Waals surface area contributed by atoms with E-state index in [2.05, 4.69) is 0 Å². The number of carbonyl (C=O) groups excluding carboxylic acids is 2. The summed E-state index contributed by atoms with van der Waals surface area (Å²) < 4.78 is 18.1. The number of esters is 1. The molecule has 0 unspecified atom stereocenters. The molecule has 3 aromatic carbocycles. The summed E-state index contributed by atoms with van der Waals surface area (Å²) in [7, 11) is 3.06. The minimum absolute atomic E-state index is 0.211. The number of ether oxygens (including phenoxy) is 3. The quantitative estimate of drug-likeness (QED) is 0.340. The maximum absolute atomic E-state index is 13.6. The van der Waals surface area contributed by atoms with Gasteiger partial charge in [0.2, 0.25) is 0 Å². The predicted molar refractivity (Wildman–Crippen MR) is 126 cm³/mol. The molecular weight excluding hydrogens is 420 g/mol. The monoisotopic (exact) mass is 444 g/mol. The van der Waals surface area contributed by atoms with Crippen molar-refractivity contribution in [3.63, 3.8) is 0 Å². The van der Waals surface area contributed by atoms with E-state index in [0.29, 0.717) is 34.1 Å². The van der Waals surface area contributed by atoms with E-state index in [1.807, 2.05) is 41.0 Å². The fraction of sp³-hybridized carbons (Fsp3) is 0.154. The number of fused-ring (bicyclic) bond motifs is 1. The first-order chi connectivity index (χ1) is 15.9. The second-order valence-corrected chi connectivity index (χ2v) is 7.50. The SMILES string of the molecule is COc1ccc(C(=O)c2ccccc2-n2cc(OC(=O)[C@H](C)N)c3ccccc32)c(OC)c1. The molecule has 4 aromatic rings. The Hall–Kier alpha value is -4.10. The smallest absolute Gasteiger partial charge is 0.328 e. The topological polar surface area (TPSA) is 92.8 Å². The van der Waals surface area contributed by atoms with Gasteiger partial charge in [-0.05, 0) is 43.3 Å². The maximum atomic E-state index is 13.6. The molecule has 1 aromatic heterocycles. The molecule has 0 aliphatic carbocycles. The Morgan fingerprint density at radius 3 is 2.33 bits per heavy atom. The number of hydrogen-bond donors (Lipinski definition) is 1. The lowest BCUT2D eigenvalue weighted by Crippen LogP contribution is -2.30. The van der Waals surface area contributed by atoms with E-state index in [0.717, 1.165) is 10.9 Å². The fourth-order valence-electron chi connectivity index (χ4n) is 3.64. The number of methoxy groups -OCH3 is 2. The van der Waals surface area contributed by atoms with Crippen LogP contribution in [0.1, 0.15) is 22.8 Å². The van der Waals surface area contributed by atoms with Gasteiger partial charge in [-0.2, -0.15) is 0 Å². The summed E-state index contributed by atoms with van der Waals surface area (Å²) in [6.07, 6.45) is 1.70. The Morgan fingerprint density at radius 2 is 1.61 bits per heavy atom. The van der Waals surface area contributed by atoms with Crippen molar-refractivity contribution in [1.82, 2.24) is 4.57 Å². The molecule has 7 nitrogen and oxygen atoms in total. The van der Waals surface area contributed by atoms with Gasteiger partial charge in [-0.15, -0.1) is 0 Å². The van der Waals surface area contributed by atoms with Crippen LogP contribution in [0.4, 0.5) is 0 Å². The number of hydrogen-bond acceptors (Lipinski definition) is 6. The molecule has 4 rings (SSSR count). The second-order valence-electron chi connectivity index (χ2n) is 7.50. The molecule has 0 fully saturated rings. The summed E-state index contributed by atoms with van der Waals surface area (Å²) >= 11 is 0. The van der Waals surface area contributed by atoms with Crippen LogP contribution in [0.3, 0.4) is 0 Å². The third kappa shape index (κ3) is 4.18. The third-order valence-electron chi connectivity index (χ3n) is 5.32. The standard InChI is InChI=1S/C26H24N2O5/c1-16(27)26(30)33-24-15-28(21-10-6-4-8-18(21)24)22-11-7-5-9-19(22)25(29)20-13-12-17(31-2)14-23(20)32-3/h4-16H,27H2,1-3H3/t16-/m0/s1. The van der Waals surface area contributed by atoms with Gasteiger partial charge >= 0.3 is 5.97 Å². The highest BCUT2D eigenvalue weighted by molar-refractivity contribution is 6.13. The van der Waals surface area contributed by atoms with Crippen LogP contribution < -0.4 is 19.9 Å². The molecule has 0 saturated carbocycles. The molecule has 0 amide bonds. The zero-order valence-corrected chi connectivity index (χ0v) is 18.6. The van der Waals surface area contributed by atoms with E-state index in [9.17, 15) is 9.59 Å². The highest BCUT2D eigenvalue weighted by Crippen LogP contribution is 2.34. The fourth-order valence-corrected chi connectivity index (χ4v) is 3.64. The largest absolute Gasteiger partial charge is 0.497 e. The predicted octanol–water partition coefficient (Wildman–Crippen LogP) is 4.13. The minimum atomic E-state index is -0.761. The highest BCUT2D eigenvalue weighted by Gasteiger charge is 2.22. The molecular formula is C26H24N2O5. The second kappa shape index (κ2) is 9.18. The average molecular weight is 444 g/mol. The lowest BCUT2D eigenvalue weighted by atomic mass is 10.0. The van der Waals surface area contributed by atoms with Crippen LogP contribution >= 0.6 is 0 Å². The van der Waals surface area contributed by atoms with Crippen molar-refractivity contribution in [3.05, 3.63) is 84.1 Å². The summed E-state index contributed by atoms with van der Waals surface area (Å²) in [5, 5.41) is 0.732. The minimum Gasteiger partial charge on any atom is -0.497 e. The van der Waals surface area contributed by atoms with Gasteiger partial charge < -0.3 is 24.5 Å². The number of aromatic nitrogens is 1. The lowest BCUT2D eigenvalue weighted by molar-refractivity contribution is -0.135. The van der Waals surface area contributed by atoms with Crippen molar-refractivity contribution in [2.24, 2.45) is 5.73 Å². The van der Waals surface area contributed by atoms with Gasteiger partial charge in [0.15, 0.2) is 11.5 Å². The van der Waals surface area contributed by atoms with Crippen molar-refractivity contribution in [1.29, 1.82) is 0 Å². The molecule has 0 aliphatic heterocycles. The molecule has 1 heterocycles. The summed E-state index contributed by atoms with van der Waals surface area (Å²) in [6, 6.07) is 19.0. The zero-order chi connectivity index (χ0) is 23.5. The molecule has 7 heteroatoms. The Bertz CT molecular complexity index is 1340. The van der Waals surface area contributed by atoms with Gasteiger partial charge in [0.25, 0.3) is 0 Å². The van der Waals surface area contributed by atoms with Crippen LogP contribution in [0.2, 0.25) is 0 Å². The first-order valence-electron chi connectivity index (χ1n) is 10.4. The number of rotatable bonds is 7. The molecule has 1 atom stereocenters. The molecule has 0 saturated heterocycles. The highest BCUT2D eigenvalue weighted by atomic mass is 16.5. The van der Waals surface area contributed by atoms with Crippen molar-refractivity contribution in [2.45, 2.75) is 13.0 Å². The van der Waals surface area contributed by atoms with Crippen LogP contribution in [-0.2, 0) is 4.79 Å². The van der Waals surface area contributed by atoms with Crippen LogP contribution in [0.5, 0.6) is 17.2 Å². The van der Waals surface area contributed by atoms with Crippen molar-refractivity contribution >= 4 is 22.7 Å². The summed E-state index contributed by atoms with van der Waals surface area (Å²) in [5.41, 5.74) is 7.97. The van der Waals surface area contributed by atoms with E-state index in [-0.39, 0.29) is 5.78 Å². The van der Waals surface area contributed by atoms with Crippen molar-refractivity contribution < 1.29 is 23.8 Å². The zero-order valence-electron chi connectivity index (χ0n) is 18.6. The summed E-state index contributed by atoms with van der Waals surface area (Å²) in [4.78, 5) is 25.7. The van der Waals surface area contributed by atoms with Crippen molar-refractivity contribution in [3.8, 4) is 22.9 Å². The third-order valence-corrected chi connectivity index (χ3v) is 5.32. The van der Waals surface area contributed by atoms with Gasteiger partial charge in [0.05, 0.1) is 37.2 Å². The molecule has 0 bridgehead atoms. The molecule has 2 N–H and O–H groups in total. The number of nitrogens with two attached hydrogens (primary N) is 1. The van der Waals surface area contributed by atoms with E-state index >= 15 is 0 Å². The lowest BCUT2D eigenvalue weighted by Gasteiger charge is -2.14. The van der Waals surface area contributed by atoms with Crippen LogP contribution in [0, 0.1) is 0 Å². The Balaban J connectivity index is 1.85. The molecule has 168 valence electrons. The average Bonchev–Trinajstić information content (AvgIpc) is 3.21. The van der Waals surface area contributed by atoms with E-state index < -0.39 is 12.0 Å². The van der Waals surface area contributed by atoms with E-state index in [1.54, 1.807) is 50.6 Å². The van der Waals surface area contributed by atoms with Crippen LogP contribution in [0.25, 0.3) is 16.6 Å². The summed E-state index contributed by atoms with van der Waals surface area (Å²) in [6.45, 7) is 1.57. The van der Waals surface area contributed by atoms with E-state index in [1.165, 1.54) is 7.11 Å². The number of para-hydroxylation sites is 2. The van der Waals surface area contributed by atoms with Crippen molar-refractivity contribution in [2.75, 3.05) is 14.2 Å². The molecule has 0 aliphatic rings. The van der Waals surface area contributed by atoms with Gasteiger partial charge in [-0.1, -0.05) is 24.3 Å². The van der Waals surface area contributed by atoms with E-state index in [4.69, 9.17) is 19.9 Å². The summed E-state index contributed by atoms with van der Waals surface area (Å²) in [5.74, 6) is 0.631. The first-order valence-corrected chi connectivity index (χ1v) is 10.4. The molecule has 0 radical (unpaired) electrons. The Morgan fingerprint density at radius 1 is 0.879 bits per heavy atom. The Kier molecular flexibility index (Phi) is 6.15. The van der Waals surface area contributed by atoms with Crippen LogP contribution in [-0.4, -0.2) is 36.6 Å². The number of carbonyl (C=O) groups is 2. The first kappa shape index (κ1) is 22.1.